The normalized spacial score (nSPS) is 11.4. The Morgan fingerprint density at radius 3 is 2.16 bits per heavy atom. The Kier molecular flexibility index (Phi) is 5.73. The molecule has 2 rings (SSSR count). The Morgan fingerprint density at radius 1 is 1.08 bits per heavy atom. The van der Waals surface area contributed by atoms with Crippen molar-refractivity contribution in [3.05, 3.63) is 64.2 Å². The second kappa shape index (κ2) is 7.77. The van der Waals surface area contributed by atoms with E-state index in [-0.39, 0.29) is 5.69 Å². The van der Waals surface area contributed by atoms with Crippen LogP contribution in [0.1, 0.15) is 5.56 Å². The molecule has 0 aliphatic heterocycles. The van der Waals surface area contributed by atoms with Gasteiger partial charge in [0.1, 0.15) is 19.5 Å². The van der Waals surface area contributed by atoms with Crippen LogP contribution < -0.4 is 4.74 Å². The lowest BCUT2D eigenvalue weighted by molar-refractivity contribution is -0.384. The summed E-state index contributed by atoms with van der Waals surface area (Å²) in [6.45, 7) is 6.46. The van der Waals surface area contributed by atoms with Crippen LogP contribution in [0.15, 0.2) is 53.5 Å². The second-order valence-electron chi connectivity index (χ2n) is 6.46. The fourth-order valence-corrected chi connectivity index (χ4v) is 2.43. The molecule has 5 nitrogen and oxygen atoms in total. The van der Waals surface area contributed by atoms with E-state index in [1.807, 2.05) is 24.3 Å². The Morgan fingerprint density at radius 2 is 1.68 bits per heavy atom. The average molecular weight is 352 g/mol. The van der Waals surface area contributed by atoms with Crippen LogP contribution >= 0.6 is 0 Å². The van der Waals surface area contributed by atoms with Crippen LogP contribution in [0.4, 0.5) is 11.4 Å². The summed E-state index contributed by atoms with van der Waals surface area (Å²) in [4.78, 5) is 15.0. The van der Waals surface area contributed by atoms with E-state index in [2.05, 4.69) is 36.1 Å². The van der Waals surface area contributed by atoms with Gasteiger partial charge in [0.05, 0.1) is 17.7 Å². The predicted molar refractivity (Wildman–Crippen MR) is 103 cm³/mol. The number of methoxy groups -OCH3 is 1. The molecule has 0 saturated heterocycles. The summed E-state index contributed by atoms with van der Waals surface area (Å²) < 4.78 is 5.15. The molecule has 0 saturated carbocycles. The van der Waals surface area contributed by atoms with Crippen molar-refractivity contribution in [2.45, 2.75) is 19.6 Å². The van der Waals surface area contributed by atoms with E-state index in [1.165, 1.54) is 12.1 Å². The topological polar surface area (TPSA) is 64.7 Å². The molecule has 0 radical (unpaired) electrons. The van der Waals surface area contributed by atoms with Gasteiger partial charge >= 0.3 is 0 Å². The fraction of sp³-hybridized carbons (Fsp3) is 0.211. The number of hydrogen-bond donors (Lipinski definition) is 0. The zero-order chi connectivity index (χ0) is 18.4. The number of hydrogen-bond acceptors (Lipinski definition) is 4. The SMILES string of the molecule is COc1ccc(N=C(C#C[Si](C)(C)C)c2ccc([N+](=O)[O-])cc2)cc1. The van der Waals surface area contributed by atoms with Gasteiger partial charge in [-0.3, -0.25) is 10.1 Å². The zero-order valence-electron chi connectivity index (χ0n) is 14.7. The largest absolute Gasteiger partial charge is 0.497 e. The molecule has 0 N–H and O–H groups in total. The quantitative estimate of drug-likeness (QED) is 0.265. The Bertz CT molecular complexity index is 839. The van der Waals surface area contributed by atoms with E-state index in [1.54, 1.807) is 19.2 Å². The number of nitro benzene ring substituents is 1. The molecule has 0 aliphatic rings. The first-order chi connectivity index (χ1) is 11.8. The summed E-state index contributed by atoms with van der Waals surface area (Å²) in [6, 6.07) is 13.7. The molecular formula is C19H20N2O3Si. The Labute approximate surface area is 148 Å². The van der Waals surface area contributed by atoms with Gasteiger partial charge < -0.3 is 4.74 Å². The van der Waals surface area contributed by atoms with E-state index in [9.17, 15) is 10.1 Å². The lowest BCUT2D eigenvalue weighted by atomic mass is 10.1. The number of benzene rings is 2. The van der Waals surface area contributed by atoms with E-state index >= 15 is 0 Å². The van der Waals surface area contributed by atoms with Crippen molar-refractivity contribution in [2.24, 2.45) is 4.99 Å². The predicted octanol–water partition coefficient (Wildman–Crippen LogP) is 4.61. The van der Waals surface area contributed by atoms with Crippen molar-refractivity contribution < 1.29 is 9.66 Å². The van der Waals surface area contributed by atoms with E-state index in [0.717, 1.165) is 17.0 Å². The number of aliphatic imine (C=N–C) groups is 1. The van der Waals surface area contributed by atoms with Gasteiger partial charge in [-0.15, -0.1) is 5.54 Å². The summed E-state index contributed by atoms with van der Waals surface area (Å²) in [5.74, 6) is 3.92. The first-order valence-corrected chi connectivity index (χ1v) is 11.3. The molecule has 0 fully saturated rings. The third kappa shape index (κ3) is 5.59. The molecule has 2 aromatic rings. The van der Waals surface area contributed by atoms with Gasteiger partial charge in [0.2, 0.25) is 0 Å². The standard InChI is InChI=1S/C19H20N2O3Si/c1-24-18-11-7-16(8-12-18)20-19(13-14-25(2,3)4)15-5-9-17(10-6-15)21(22)23/h5-12H,1-4H3. The van der Waals surface area contributed by atoms with Crippen molar-refractivity contribution in [1.82, 2.24) is 0 Å². The van der Waals surface area contributed by atoms with Gasteiger partial charge in [0.25, 0.3) is 5.69 Å². The highest BCUT2D eigenvalue weighted by Gasteiger charge is 2.10. The molecular weight excluding hydrogens is 332 g/mol. The highest BCUT2D eigenvalue weighted by Crippen LogP contribution is 2.20. The maximum absolute atomic E-state index is 10.8. The molecule has 0 aromatic heterocycles. The van der Waals surface area contributed by atoms with Crippen LogP contribution in [0.5, 0.6) is 5.75 Å². The number of nitro groups is 1. The maximum atomic E-state index is 10.8. The Balaban J connectivity index is 2.46. The molecule has 0 heterocycles. The first kappa shape index (κ1) is 18.4. The van der Waals surface area contributed by atoms with E-state index in [0.29, 0.717) is 5.71 Å². The minimum atomic E-state index is -1.58. The average Bonchev–Trinajstić information content (AvgIpc) is 2.58. The molecule has 2 aromatic carbocycles. The van der Waals surface area contributed by atoms with Gasteiger partial charge in [0, 0.05) is 17.7 Å². The van der Waals surface area contributed by atoms with Crippen LogP contribution in [0.2, 0.25) is 19.6 Å². The molecule has 0 amide bonds. The van der Waals surface area contributed by atoms with E-state index in [4.69, 9.17) is 4.74 Å². The van der Waals surface area contributed by atoms with Crippen molar-refractivity contribution in [1.29, 1.82) is 0 Å². The minimum absolute atomic E-state index is 0.0469. The molecule has 25 heavy (non-hydrogen) atoms. The van der Waals surface area contributed by atoms with Gasteiger partial charge in [-0.2, -0.15) is 0 Å². The van der Waals surface area contributed by atoms with Crippen molar-refractivity contribution in [3.8, 4) is 17.2 Å². The lowest BCUT2D eigenvalue weighted by Crippen LogP contribution is -2.17. The number of nitrogens with zero attached hydrogens (tertiary/aromatic N) is 2. The van der Waals surface area contributed by atoms with Crippen molar-refractivity contribution in [2.75, 3.05) is 7.11 Å². The van der Waals surface area contributed by atoms with Crippen LogP contribution in [0.3, 0.4) is 0 Å². The monoisotopic (exact) mass is 352 g/mol. The summed E-state index contributed by atoms with van der Waals surface area (Å²) in [5, 5.41) is 10.8. The lowest BCUT2D eigenvalue weighted by Gasteiger charge is -2.06. The number of ether oxygens (including phenoxy) is 1. The van der Waals surface area contributed by atoms with Crippen LogP contribution in [-0.2, 0) is 0 Å². The van der Waals surface area contributed by atoms with Crippen LogP contribution in [-0.4, -0.2) is 25.8 Å². The van der Waals surface area contributed by atoms with Gasteiger partial charge in [-0.05, 0) is 36.4 Å². The molecule has 128 valence electrons. The van der Waals surface area contributed by atoms with E-state index < -0.39 is 13.0 Å². The number of rotatable bonds is 4. The third-order valence-electron chi connectivity index (χ3n) is 3.22. The van der Waals surface area contributed by atoms with Crippen LogP contribution in [0, 0.1) is 21.6 Å². The first-order valence-electron chi connectivity index (χ1n) is 7.79. The minimum Gasteiger partial charge on any atom is -0.497 e. The molecule has 0 bridgehead atoms. The van der Waals surface area contributed by atoms with Crippen molar-refractivity contribution in [3.63, 3.8) is 0 Å². The fourth-order valence-electron chi connectivity index (χ4n) is 1.94. The molecule has 6 heteroatoms. The van der Waals surface area contributed by atoms with Gasteiger partial charge in [-0.1, -0.05) is 25.6 Å². The molecule has 0 atom stereocenters. The van der Waals surface area contributed by atoms with Crippen LogP contribution in [0.25, 0.3) is 0 Å². The number of non-ortho nitro benzene ring substituents is 1. The third-order valence-corrected chi connectivity index (χ3v) is 4.10. The highest BCUT2D eigenvalue weighted by atomic mass is 28.3. The molecule has 0 aliphatic carbocycles. The smallest absolute Gasteiger partial charge is 0.269 e. The van der Waals surface area contributed by atoms with Crippen molar-refractivity contribution >= 4 is 25.2 Å². The molecule has 0 unspecified atom stereocenters. The summed E-state index contributed by atoms with van der Waals surface area (Å²) in [7, 11) is 0.0273. The molecule has 0 spiro atoms. The second-order valence-corrected chi connectivity index (χ2v) is 11.2. The zero-order valence-corrected chi connectivity index (χ0v) is 15.7. The highest BCUT2D eigenvalue weighted by molar-refractivity contribution is 6.84. The Hall–Kier alpha value is -2.91. The summed E-state index contributed by atoms with van der Waals surface area (Å²) >= 11 is 0. The summed E-state index contributed by atoms with van der Waals surface area (Å²) in [5.41, 5.74) is 5.45. The van der Waals surface area contributed by atoms with Gasteiger partial charge in [-0.25, -0.2) is 4.99 Å². The maximum Gasteiger partial charge on any atom is 0.269 e. The van der Waals surface area contributed by atoms with Gasteiger partial charge in [0.15, 0.2) is 0 Å². The summed E-state index contributed by atoms with van der Waals surface area (Å²) in [6.07, 6.45) is 0.